The van der Waals surface area contributed by atoms with Gasteiger partial charge in [0.1, 0.15) is 0 Å². The molecular formula is C12H17BrCl2N2O2. The zero-order valence-electron chi connectivity index (χ0n) is 10.5. The highest BCUT2D eigenvalue weighted by atomic mass is 79.9. The molecule has 0 fully saturated rings. The first-order valence-corrected chi connectivity index (χ1v) is 6.75. The van der Waals surface area contributed by atoms with E-state index in [0.29, 0.717) is 30.3 Å². The van der Waals surface area contributed by atoms with Crippen LogP contribution in [-0.4, -0.2) is 39.3 Å². The van der Waals surface area contributed by atoms with Crippen LogP contribution in [0.1, 0.15) is 10.4 Å². The summed E-state index contributed by atoms with van der Waals surface area (Å²) in [7, 11) is 1.65. The van der Waals surface area contributed by atoms with Gasteiger partial charge in [-0.1, -0.05) is 27.5 Å². The van der Waals surface area contributed by atoms with Gasteiger partial charge in [0.2, 0.25) is 0 Å². The Morgan fingerprint density at radius 3 is 2.74 bits per heavy atom. The monoisotopic (exact) mass is 370 g/mol. The number of methoxy groups -OCH3 is 1. The first-order chi connectivity index (χ1) is 8.65. The van der Waals surface area contributed by atoms with Crippen LogP contribution in [0.4, 0.5) is 0 Å². The fraction of sp³-hybridized carbons (Fsp3) is 0.417. The Morgan fingerprint density at radius 1 is 1.37 bits per heavy atom. The third kappa shape index (κ3) is 7.13. The van der Waals surface area contributed by atoms with E-state index >= 15 is 0 Å². The molecule has 0 bridgehead atoms. The molecule has 0 saturated heterocycles. The Labute approximate surface area is 132 Å². The van der Waals surface area contributed by atoms with Gasteiger partial charge in [0, 0.05) is 31.2 Å². The SMILES string of the molecule is COCCNCCNC(=O)c1ccc(Br)cc1Cl.Cl. The fourth-order valence-electron chi connectivity index (χ4n) is 1.33. The quantitative estimate of drug-likeness (QED) is 0.724. The molecule has 1 aromatic carbocycles. The number of amides is 1. The highest BCUT2D eigenvalue weighted by molar-refractivity contribution is 9.10. The molecule has 0 aliphatic rings. The zero-order valence-corrected chi connectivity index (χ0v) is 13.7. The van der Waals surface area contributed by atoms with Gasteiger partial charge in [-0.2, -0.15) is 0 Å². The molecule has 1 amide bonds. The van der Waals surface area contributed by atoms with Crippen LogP contribution >= 0.6 is 39.9 Å². The second-order valence-electron chi connectivity index (χ2n) is 3.62. The van der Waals surface area contributed by atoms with Gasteiger partial charge < -0.3 is 15.4 Å². The normalized spacial score (nSPS) is 9.84. The number of carbonyl (C=O) groups is 1. The lowest BCUT2D eigenvalue weighted by Crippen LogP contribution is -2.33. The summed E-state index contributed by atoms with van der Waals surface area (Å²) in [6.07, 6.45) is 0. The molecule has 19 heavy (non-hydrogen) atoms. The van der Waals surface area contributed by atoms with Crippen molar-refractivity contribution in [1.29, 1.82) is 0 Å². The number of hydrogen-bond donors (Lipinski definition) is 2. The standard InChI is InChI=1S/C12H16BrClN2O2.ClH/c1-18-7-6-15-4-5-16-12(17)10-3-2-9(13)8-11(10)14;/h2-3,8,15H,4-7H2,1H3,(H,16,17);1H. The molecule has 0 heterocycles. The Bertz CT molecular complexity index is 405. The Kier molecular flexibility index (Phi) is 10.3. The molecule has 0 unspecified atom stereocenters. The zero-order chi connectivity index (χ0) is 13.4. The van der Waals surface area contributed by atoms with Crippen LogP contribution < -0.4 is 10.6 Å². The predicted molar refractivity (Wildman–Crippen MR) is 83.5 cm³/mol. The van der Waals surface area contributed by atoms with Gasteiger partial charge in [0.05, 0.1) is 17.2 Å². The summed E-state index contributed by atoms with van der Waals surface area (Å²) < 4.78 is 5.75. The van der Waals surface area contributed by atoms with Crippen LogP contribution in [0, 0.1) is 0 Å². The third-order valence-electron chi connectivity index (χ3n) is 2.25. The largest absolute Gasteiger partial charge is 0.383 e. The third-order valence-corrected chi connectivity index (χ3v) is 3.05. The number of carbonyl (C=O) groups excluding carboxylic acids is 1. The van der Waals surface area contributed by atoms with Gasteiger partial charge in [-0.05, 0) is 18.2 Å². The van der Waals surface area contributed by atoms with Crippen molar-refractivity contribution >= 4 is 45.8 Å². The van der Waals surface area contributed by atoms with Crippen LogP contribution in [0.15, 0.2) is 22.7 Å². The minimum Gasteiger partial charge on any atom is -0.383 e. The fourth-order valence-corrected chi connectivity index (χ4v) is 2.09. The van der Waals surface area contributed by atoms with E-state index in [1.165, 1.54) is 0 Å². The summed E-state index contributed by atoms with van der Waals surface area (Å²) in [6, 6.07) is 5.19. The van der Waals surface area contributed by atoms with E-state index in [1.807, 2.05) is 0 Å². The molecule has 1 aromatic rings. The average Bonchev–Trinajstić information content (AvgIpc) is 2.33. The van der Waals surface area contributed by atoms with Crippen molar-refractivity contribution in [2.24, 2.45) is 0 Å². The maximum absolute atomic E-state index is 11.8. The van der Waals surface area contributed by atoms with Gasteiger partial charge in [0.25, 0.3) is 5.91 Å². The molecule has 2 N–H and O–H groups in total. The van der Waals surface area contributed by atoms with Crippen LogP contribution in [0.5, 0.6) is 0 Å². The Morgan fingerprint density at radius 2 is 2.11 bits per heavy atom. The van der Waals surface area contributed by atoms with Crippen molar-refractivity contribution in [2.45, 2.75) is 0 Å². The van der Waals surface area contributed by atoms with Crippen molar-refractivity contribution in [3.8, 4) is 0 Å². The maximum Gasteiger partial charge on any atom is 0.252 e. The van der Waals surface area contributed by atoms with Gasteiger partial charge in [-0.3, -0.25) is 4.79 Å². The molecule has 0 atom stereocenters. The molecule has 108 valence electrons. The topological polar surface area (TPSA) is 50.4 Å². The summed E-state index contributed by atoms with van der Waals surface area (Å²) in [5, 5.41) is 6.37. The van der Waals surface area contributed by atoms with Crippen molar-refractivity contribution in [1.82, 2.24) is 10.6 Å². The number of halogens is 3. The van der Waals surface area contributed by atoms with Crippen molar-refractivity contribution < 1.29 is 9.53 Å². The van der Waals surface area contributed by atoms with Crippen LogP contribution in [0.2, 0.25) is 5.02 Å². The number of hydrogen-bond acceptors (Lipinski definition) is 3. The van der Waals surface area contributed by atoms with Crippen LogP contribution in [0.25, 0.3) is 0 Å². The molecule has 0 spiro atoms. The molecule has 0 radical (unpaired) electrons. The highest BCUT2D eigenvalue weighted by Crippen LogP contribution is 2.21. The predicted octanol–water partition coefficient (Wildman–Crippen LogP) is 2.49. The first-order valence-electron chi connectivity index (χ1n) is 5.58. The Hall–Kier alpha value is -0.330. The first kappa shape index (κ1) is 18.7. The highest BCUT2D eigenvalue weighted by Gasteiger charge is 2.09. The van der Waals surface area contributed by atoms with Gasteiger partial charge in [-0.15, -0.1) is 12.4 Å². The number of nitrogens with one attached hydrogen (secondary N) is 2. The van der Waals surface area contributed by atoms with Crippen molar-refractivity contribution in [3.05, 3.63) is 33.3 Å². The minimum atomic E-state index is -0.166. The molecular weight excluding hydrogens is 355 g/mol. The van der Waals surface area contributed by atoms with E-state index in [2.05, 4.69) is 26.6 Å². The number of ether oxygens (including phenoxy) is 1. The van der Waals surface area contributed by atoms with E-state index in [9.17, 15) is 4.79 Å². The molecule has 0 saturated carbocycles. The van der Waals surface area contributed by atoms with E-state index in [1.54, 1.807) is 25.3 Å². The summed E-state index contributed by atoms with van der Waals surface area (Å²) in [5.41, 5.74) is 0.483. The second-order valence-corrected chi connectivity index (χ2v) is 4.95. The summed E-state index contributed by atoms with van der Waals surface area (Å²) >= 11 is 9.28. The second kappa shape index (κ2) is 10.5. The molecule has 7 heteroatoms. The molecule has 1 rings (SSSR count). The van der Waals surface area contributed by atoms with Gasteiger partial charge in [-0.25, -0.2) is 0 Å². The van der Waals surface area contributed by atoms with E-state index in [-0.39, 0.29) is 18.3 Å². The smallest absolute Gasteiger partial charge is 0.252 e. The summed E-state index contributed by atoms with van der Waals surface area (Å²) in [4.78, 5) is 11.8. The lowest BCUT2D eigenvalue weighted by atomic mass is 10.2. The summed E-state index contributed by atoms with van der Waals surface area (Å²) in [6.45, 7) is 2.68. The van der Waals surface area contributed by atoms with E-state index in [0.717, 1.165) is 11.0 Å². The van der Waals surface area contributed by atoms with Crippen LogP contribution in [-0.2, 0) is 4.74 Å². The van der Waals surface area contributed by atoms with E-state index in [4.69, 9.17) is 16.3 Å². The van der Waals surface area contributed by atoms with E-state index < -0.39 is 0 Å². The lowest BCUT2D eigenvalue weighted by Gasteiger charge is -2.08. The number of benzene rings is 1. The minimum absolute atomic E-state index is 0. The average molecular weight is 372 g/mol. The molecule has 0 aliphatic heterocycles. The van der Waals surface area contributed by atoms with Crippen molar-refractivity contribution in [3.63, 3.8) is 0 Å². The van der Waals surface area contributed by atoms with Crippen molar-refractivity contribution in [2.75, 3.05) is 33.4 Å². The summed E-state index contributed by atoms with van der Waals surface area (Å²) in [5.74, 6) is -0.166. The lowest BCUT2D eigenvalue weighted by molar-refractivity contribution is 0.0954. The number of rotatable bonds is 7. The Balaban J connectivity index is 0.00000324. The molecule has 4 nitrogen and oxygen atoms in total. The molecule has 0 aromatic heterocycles. The van der Waals surface area contributed by atoms with Crippen LogP contribution in [0.3, 0.4) is 0 Å². The molecule has 0 aliphatic carbocycles. The van der Waals surface area contributed by atoms with Gasteiger partial charge >= 0.3 is 0 Å². The maximum atomic E-state index is 11.8. The van der Waals surface area contributed by atoms with Gasteiger partial charge in [0.15, 0.2) is 0 Å².